The fraction of sp³-hybridized carbons (Fsp3) is 0.250. The molecular weight excluding hydrogens is 417 g/mol. The normalized spacial score (nSPS) is 14.5. The summed E-state index contributed by atoms with van der Waals surface area (Å²) in [6.45, 7) is 1.96. The fourth-order valence-electron chi connectivity index (χ4n) is 2.46. The lowest BCUT2D eigenvalue weighted by molar-refractivity contribution is 0.0955. The maximum atomic E-state index is 12.0. The summed E-state index contributed by atoms with van der Waals surface area (Å²) in [5.41, 5.74) is 2.72. The van der Waals surface area contributed by atoms with Crippen LogP contribution >= 0.6 is 39.1 Å². The first kappa shape index (κ1) is 17.3. The molecule has 3 rings (SSSR count). The van der Waals surface area contributed by atoms with Gasteiger partial charge >= 0.3 is 0 Å². The van der Waals surface area contributed by atoms with Crippen LogP contribution in [-0.2, 0) is 0 Å². The first-order valence-corrected chi connectivity index (χ1v) is 8.92. The van der Waals surface area contributed by atoms with Crippen LogP contribution in [0.1, 0.15) is 29.0 Å². The molecule has 0 bridgehead atoms. The topological polar surface area (TPSA) is 57.8 Å². The van der Waals surface area contributed by atoms with E-state index in [9.17, 15) is 4.79 Å². The third kappa shape index (κ3) is 3.94. The second-order valence-electron chi connectivity index (χ2n) is 5.32. The van der Waals surface area contributed by atoms with Crippen LogP contribution in [0.4, 0.5) is 5.88 Å². The van der Waals surface area contributed by atoms with E-state index in [1.807, 2.05) is 6.07 Å². The highest BCUT2D eigenvalue weighted by atomic mass is 79.9. The summed E-state index contributed by atoms with van der Waals surface area (Å²) >= 11 is 15.3. The lowest BCUT2D eigenvalue weighted by atomic mass is 10.2. The predicted octanol–water partition coefficient (Wildman–Crippen LogP) is 4.71. The first-order chi connectivity index (χ1) is 11.5. The van der Waals surface area contributed by atoms with Gasteiger partial charge in [0.1, 0.15) is 0 Å². The summed E-state index contributed by atoms with van der Waals surface area (Å²) in [6.07, 6.45) is 3.77. The summed E-state index contributed by atoms with van der Waals surface area (Å²) in [5.74, 6) is 0.922. The van der Waals surface area contributed by atoms with Gasteiger partial charge in [0, 0.05) is 24.2 Å². The van der Waals surface area contributed by atoms with Gasteiger partial charge in [0.25, 0.3) is 5.91 Å². The maximum absolute atomic E-state index is 12.0. The Morgan fingerprint density at radius 2 is 2.04 bits per heavy atom. The molecule has 1 aromatic carbocycles. The number of nitrogens with one attached hydrogen (secondary N) is 1. The lowest BCUT2D eigenvalue weighted by Crippen LogP contribution is -2.18. The summed E-state index contributed by atoms with van der Waals surface area (Å²) in [7, 11) is 0. The first-order valence-electron chi connectivity index (χ1n) is 7.37. The monoisotopic (exact) mass is 429 g/mol. The van der Waals surface area contributed by atoms with E-state index < -0.39 is 5.91 Å². The van der Waals surface area contributed by atoms with Crippen molar-refractivity contribution in [1.29, 1.82) is 0 Å². The number of hydrazone groups is 1. The molecule has 5 nitrogen and oxygen atoms in total. The molecule has 0 atom stereocenters. The number of hydrogen-bond acceptors (Lipinski definition) is 4. The molecule has 1 fully saturated rings. The highest BCUT2D eigenvalue weighted by Gasteiger charge is 2.19. The number of benzene rings is 1. The number of carbonyl (C=O) groups is 1. The molecule has 0 spiro atoms. The molecule has 2 aromatic rings. The Kier molecular flexibility index (Phi) is 5.48. The number of halogens is 3. The predicted molar refractivity (Wildman–Crippen MR) is 99.4 cm³/mol. The van der Waals surface area contributed by atoms with Crippen LogP contribution in [0.25, 0.3) is 0 Å². The molecule has 8 heteroatoms. The summed E-state index contributed by atoms with van der Waals surface area (Å²) in [5, 5.41) is 4.65. The van der Waals surface area contributed by atoms with Gasteiger partial charge in [0.2, 0.25) is 5.88 Å². The molecule has 24 heavy (non-hydrogen) atoms. The highest BCUT2D eigenvalue weighted by Crippen LogP contribution is 2.31. The molecule has 2 heterocycles. The van der Waals surface area contributed by atoms with E-state index in [0.717, 1.165) is 36.3 Å². The van der Waals surface area contributed by atoms with E-state index in [1.165, 1.54) is 12.3 Å². The van der Waals surface area contributed by atoms with Crippen LogP contribution in [0.2, 0.25) is 10.0 Å². The Balaban J connectivity index is 1.66. The van der Waals surface area contributed by atoms with E-state index in [4.69, 9.17) is 27.6 Å². The van der Waals surface area contributed by atoms with Crippen molar-refractivity contribution in [3.63, 3.8) is 0 Å². The number of amides is 1. The third-order valence-corrected chi connectivity index (χ3v) is 4.73. The van der Waals surface area contributed by atoms with E-state index in [-0.39, 0.29) is 5.02 Å². The third-order valence-electron chi connectivity index (χ3n) is 3.61. The minimum atomic E-state index is -0.418. The Bertz CT molecular complexity index is 786. The van der Waals surface area contributed by atoms with Gasteiger partial charge in [-0.05, 0) is 47.0 Å². The number of anilines is 1. The number of carbonyl (C=O) groups excluding carboxylic acids is 1. The zero-order valence-corrected chi connectivity index (χ0v) is 15.7. The molecule has 1 saturated heterocycles. The smallest absolute Gasteiger partial charge is 0.272 e. The SMILES string of the molecule is O=C(N/N=C\c1cc(Br)c(N2CCCC2)o1)c1ccc(Cl)cc1Cl. The summed E-state index contributed by atoms with van der Waals surface area (Å²) < 4.78 is 6.63. The Morgan fingerprint density at radius 3 is 2.75 bits per heavy atom. The van der Waals surface area contributed by atoms with Crippen LogP contribution < -0.4 is 10.3 Å². The molecule has 0 radical (unpaired) electrons. The van der Waals surface area contributed by atoms with E-state index >= 15 is 0 Å². The van der Waals surface area contributed by atoms with Crippen molar-refractivity contribution < 1.29 is 9.21 Å². The molecular formula is C16H14BrCl2N3O2. The Morgan fingerprint density at radius 1 is 1.29 bits per heavy atom. The van der Waals surface area contributed by atoms with Gasteiger partial charge in [0.05, 0.1) is 21.3 Å². The van der Waals surface area contributed by atoms with Crippen molar-refractivity contribution in [2.75, 3.05) is 18.0 Å². The van der Waals surface area contributed by atoms with Crippen LogP contribution in [0.3, 0.4) is 0 Å². The molecule has 1 amide bonds. The van der Waals surface area contributed by atoms with Crippen molar-refractivity contribution in [2.24, 2.45) is 5.10 Å². The number of hydrogen-bond donors (Lipinski definition) is 1. The van der Waals surface area contributed by atoms with Gasteiger partial charge in [-0.3, -0.25) is 4.79 Å². The number of furan rings is 1. The molecule has 0 saturated carbocycles. The molecule has 0 unspecified atom stereocenters. The van der Waals surface area contributed by atoms with E-state index in [1.54, 1.807) is 12.1 Å². The van der Waals surface area contributed by atoms with Crippen molar-refractivity contribution >= 4 is 57.1 Å². The maximum Gasteiger partial charge on any atom is 0.272 e. The fourth-order valence-corrected chi connectivity index (χ4v) is 3.52. The van der Waals surface area contributed by atoms with Crippen molar-refractivity contribution in [3.05, 3.63) is 50.1 Å². The van der Waals surface area contributed by atoms with Gasteiger partial charge in [-0.1, -0.05) is 23.2 Å². The zero-order chi connectivity index (χ0) is 17.1. The quantitative estimate of drug-likeness (QED) is 0.564. The van der Waals surface area contributed by atoms with Crippen molar-refractivity contribution in [1.82, 2.24) is 5.43 Å². The molecule has 0 aliphatic carbocycles. The molecule has 1 aliphatic heterocycles. The van der Waals surface area contributed by atoms with Crippen molar-refractivity contribution in [3.8, 4) is 0 Å². The van der Waals surface area contributed by atoms with Crippen LogP contribution in [0.5, 0.6) is 0 Å². The summed E-state index contributed by atoms with van der Waals surface area (Å²) in [4.78, 5) is 14.2. The Labute approximate surface area is 157 Å². The highest BCUT2D eigenvalue weighted by molar-refractivity contribution is 9.10. The van der Waals surface area contributed by atoms with Gasteiger partial charge in [-0.25, -0.2) is 5.43 Å². The van der Waals surface area contributed by atoms with E-state index in [0.29, 0.717) is 16.3 Å². The number of rotatable bonds is 4. The van der Waals surface area contributed by atoms with Gasteiger partial charge in [0.15, 0.2) is 5.76 Å². The average molecular weight is 431 g/mol. The minimum Gasteiger partial charge on any atom is -0.438 e. The molecule has 126 valence electrons. The number of nitrogens with zero attached hydrogens (tertiary/aromatic N) is 2. The second-order valence-corrected chi connectivity index (χ2v) is 7.02. The molecule has 1 N–H and O–H groups in total. The van der Waals surface area contributed by atoms with Gasteiger partial charge in [-0.15, -0.1) is 0 Å². The van der Waals surface area contributed by atoms with Crippen LogP contribution in [0.15, 0.2) is 38.3 Å². The standard InChI is InChI=1S/C16H14BrCl2N3O2/c17-13-8-11(24-16(13)22-5-1-2-6-22)9-20-21-15(23)12-4-3-10(18)7-14(12)19/h3-4,7-9H,1-2,5-6H2,(H,21,23)/b20-9-. The lowest BCUT2D eigenvalue weighted by Gasteiger charge is -2.13. The average Bonchev–Trinajstić information content (AvgIpc) is 3.16. The second kappa shape index (κ2) is 7.59. The van der Waals surface area contributed by atoms with Gasteiger partial charge < -0.3 is 9.32 Å². The summed E-state index contributed by atoms with van der Waals surface area (Å²) in [6, 6.07) is 6.47. The minimum absolute atomic E-state index is 0.271. The van der Waals surface area contributed by atoms with Gasteiger partial charge in [-0.2, -0.15) is 5.10 Å². The Hall–Kier alpha value is -1.50. The van der Waals surface area contributed by atoms with Crippen molar-refractivity contribution in [2.45, 2.75) is 12.8 Å². The van der Waals surface area contributed by atoms with Crippen LogP contribution in [-0.4, -0.2) is 25.2 Å². The molecule has 1 aliphatic rings. The largest absolute Gasteiger partial charge is 0.438 e. The van der Waals surface area contributed by atoms with Crippen LogP contribution in [0, 0.1) is 0 Å². The molecule has 1 aromatic heterocycles. The zero-order valence-electron chi connectivity index (χ0n) is 12.6. The van der Waals surface area contributed by atoms with E-state index in [2.05, 4.69) is 31.4 Å².